The van der Waals surface area contributed by atoms with E-state index in [2.05, 4.69) is 4.99 Å². The van der Waals surface area contributed by atoms with E-state index >= 15 is 0 Å². The van der Waals surface area contributed by atoms with Crippen LogP contribution in [-0.4, -0.2) is 19.1 Å². The molecule has 0 aromatic heterocycles. The number of ether oxygens (including phenoxy) is 1. The van der Waals surface area contributed by atoms with Crippen molar-refractivity contribution in [3.05, 3.63) is 29.3 Å². The average Bonchev–Trinajstić information content (AvgIpc) is 2.15. The van der Waals surface area contributed by atoms with Crippen molar-refractivity contribution in [1.82, 2.24) is 0 Å². The number of benzene rings is 1. The summed E-state index contributed by atoms with van der Waals surface area (Å²) in [6.07, 6.45) is 0. The van der Waals surface area contributed by atoms with Crippen LogP contribution in [-0.2, 0) is 0 Å². The molecule has 84 valence electrons. The Kier molecular flexibility index (Phi) is 7.23. The fraction of sp³-hybridized carbons (Fsp3) is 0.222. The van der Waals surface area contributed by atoms with E-state index < -0.39 is 0 Å². The molecular weight excluding hydrogens is 328 g/mol. The molecule has 0 radical (unpaired) electrons. The molecule has 0 aliphatic rings. The van der Waals surface area contributed by atoms with Gasteiger partial charge in [-0.2, -0.15) is 0 Å². The average molecular weight is 342 g/mol. The van der Waals surface area contributed by atoms with Crippen LogP contribution in [0.15, 0.2) is 29.3 Å². The van der Waals surface area contributed by atoms with E-state index in [1.54, 1.807) is 24.3 Å². The Balaban J connectivity index is 0.00000196. The minimum Gasteiger partial charge on any atom is -0.492 e. The predicted octanol–water partition coefficient (Wildman–Crippen LogP) is 1.61. The SMILES string of the molecule is I.NC(N)=NCCOc1ccc(Cl)cc1. The van der Waals surface area contributed by atoms with Crippen molar-refractivity contribution in [3.8, 4) is 5.75 Å². The smallest absolute Gasteiger partial charge is 0.186 e. The molecule has 4 nitrogen and oxygen atoms in total. The van der Waals surface area contributed by atoms with E-state index in [0.717, 1.165) is 5.75 Å². The maximum atomic E-state index is 5.70. The Morgan fingerprint density at radius 3 is 2.40 bits per heavy atom. The van der Waals surface area contributed by atoms with Gasteiger partial charge in [-0.05, 0) is 24.3 Å². The second-order valence-electron chi connectivity index (χ2n) is 2.61. The van der Waals surface area contributed by atoms with Gasteiger partial charge in [0.25, 0.3) is 0 Å². The molecule has 0 saturated carbocycles. The third-order valence-corrected chi connectivity index (χ3v) is 1.72. The van der Waals surface area contributed by atoms with Crippen LogP contribution in [0.1, 0.15) is 0 Å². The van der Waals surface area contributed by atoms with Gasteiger partial charge in [0.05, 0.1) is 6.54 Å². The van der Waals surface area contributed by atoms with Gasteiger partial charge in [-0.3, -0.25) is 4.99 Å². The van der Waals surface area contributed by atoms with Gasteiger partial charge in [0.15, 0.2) is 5.96 Å². The van der Waals surface area contributed by atoms with Crippen molar-refractivity contribution in [2.45, 2.75) is 0 Å². The summed E-state index contributed by atoms with van der Waals surface area (Å²) in [4.78, 5) is 3.78. The van der Waals surface area contributed by atoms with Crippen LogP contribution in [0.4, 0.5) is 0 Å². The second-order valence-corrected chi connectivity index (χ2v) is 3.05. The Morgan fingerprint density at radius 1 is 1.27 bits per heavy atom. The fourth-order valence-electron chi connectivity index (χ4n) is 0.869. The zero-order chi connectivity index (χ0) is 10.4. The quantitative estimate of drug-likeness (QED) is 0.378. The lowest BCUT2D eigenvalue weighted by Gasteiger charge is -2.03. The number of halogens is 2. The summed E-state index contributed by atoms with van der Waals surface area (Å²) in [5.74, 6) is 0.824. The van der Waals surface area contributed by atoms with Gasteiger partial charge < -0.3 is 16.2 Å². The summed E-state index contributed by atoms with van der Waals surface area (Å²) in [6.45, 7) is 0.893. The fourth-order valence-corrected chi connectivity index (χ4v) is 0.995. The number of aliphatic imine (C=N–C) groups is 1. The summed E-state index contributed by atoms with van der Waals surface area (Å²) in [7, 11) is 0. The minimum atomic E-state index is 0. The van der Waals surface area contributed by atoms with Crippen molar-refractivity contribution in [2.75, 3.05) is 13.2 Å². The van der Waals surface area contributed by atoms with Crippen LogP contribution < -0.4 is 16.2 Å². The van der Waals surface area contributed by atoms with Crippen molar-refractivity contribution in [1.29, 1.82) is 0 Å². The molecule has 0 aliphatic heterocycles. The molecule has 0 aliphatic carbocycles. The summed E-state index contributed by atoms with van der Waals surface area (Å²) < 4.78 is 5.33. The van der Waals surface area contributed by atoms with Crippen molar-refractivity contribution in [2.24, 2.45) is 16.5 Å². The Labute approximate surface area is 111 Å². The van der Waals surface area contributed by atoms with Gasteiger partial charge in [-0.15, -0.1) is 24.0 Å². The molecule has 0 atom stereocenters. The number of guanidine groups is 1. The van der Waals surface area contributed by atoms with Gasteiger partial charge in [-0.1, -0.05) is 11.6 Å². The molecule has 0 saturated heterocycles. The Hall–Kier alpha value is -0.690. The maximum Gasteiger partial charge on any atom is 0.186 e. The highest BCUT2D eigenvalue weighted by molar-refractivity contribution is 14.0. The Morgan fingerprint density at radius 2 is 1.87 bits per heavy atom. The Bertz CT molecular complexity index is 312. The molecule has 0 bridgehead atoms. The molecule has 1 rings (SSSR count). The molecule has 0 spiro atoms. The number of nitrogens with zero attached hydrogens (tertiary/aromatic N) is 1. The van der Waals surface area contributed by atoms with E-state index in [1.807, 2.05) is 0 Å². The molecule has 1 aromatic carbocycles. The van der Waals surface area contributed by atoms with Crippen LogP contribution in [0.2, 0.25) is 5.02 Å². The van der Waals surface area contributed by atoms with Crippen molar-refractivity contribution < 1.29 is 4.74 Å². The zero-order valence-electron chi connectivity index (χ0n) is 8.02. The zero-order valence-corrected chi connectivity index (χ0v) is 11.1. The molecule has 6 heteroatoms. The first-order valence-corrected chi connectivity index (χ1v) is 4.50. The third kappa shape index (κ3) is 6.40. The largest absolute Gasteiger partial charge is 0.492 e. The first-order chi connectivity index (χ1) is 6.68. The van der Waals surface area contributed by atoms with Gasteiger partial charge in [0.1, 0.15) is 12.4 Å². The lowest BCUT2D eigenvalue weighted by molar-refractivity contribution is 0.328. The number of nitrogens with two attached hydrogens (primary N) is 2. The molecule has 0 unspecified atom stereocenters. The second kappa shape index (κ2) is 7.58. The predicted molar refractivity (Wildman–Crippen MR) is 73.0 cm³/mol. The lowest BCUT2D eigenvalue weighted by Crippen LogP contribution is -2.23. The molecular formula is C9H13ClIN3O. The van der Waals surface area contributed by atoms with E-state index in [9.17, 15) is 0 Å². The highest BCUT2D eigenvalue weighted by atomic mass is 127. The minimum absolute atomic E-state index is 0. The van der Waals surface area contributed by atoms with E-state index in [1.165, 1.54) is 0 Å². The molecule has 0 fully saturated rings. The van der Waals surface area contributed by atoms with E-state index in [-0.39, 0.29) is 29.9 Å². The lowest BCUT2D eigenvalue weighted by atomic mass is 10.3. The number of rotatable bonds is 4. The summed E-state index contributed by atoms with van der Waals surface area (Å²) in [5, 5.41) is 0.682. The standard InChI is InChI=1S/C9H12ClN3O.HI/c10-7-1-3-8(4-2-7)14-6-5-13-9(11)12;/h1-4H,5-6H2,(H4,11,12,13);1H. The normalized spacial score (nSPS) is 8.87. The van der Waals surface area contributed by atoms with E-state index in [0.29, 0.717) is 18.2 Å². The maximum absolute atomic E-state index is 5.70. The highest BCUT2D eigenvalue weighted by Crippen LogP contribution is 2.15. The molecule has 15 heavy (non-hydrogen) atoms. The van der Waals surface area contributed by atoms with Gasteiger partial charge in [0.2, 0.25) is 0 Å². The first kappa shape index (κ1) is 14.3. The number of hydrogen-bond acceptors (Lipinski definition) is 2. The highest BCUT2D eigenvalue weighted by Gasteiger charge is 1.92. The van der Waals surface area contributed by atoms with Crippen LogP contribution in [0.25, 0.3) is 0 Å². The summed E-state index contributed by atoms with van der Waals surface area (Å²) in [5.41, 5.74) is 10.3. The van der Waals surface area contributed by atoms with Crippen molar-refractivity contribution in [3.63, 3.8) is 0 Å². The van der Waals surface area contributed by atoms with Gasteiger partial charge in [0, 0.05) is 5.02 Å². The molecule has 0 heterocycles. The monoisotopic (exact) mass is 341 g/mol. The van der Waals surface area contributed by atoms with Crippen molar-refractivity contribution >= 4 is 41.5 Å². The summed E-state index contributed by atoms with van der Waals surface area (Å²) >= 11 is 5.70. The van der Waals surface area contributed by atoms with Gasteiger partial charge in [-0.25, -0.2) is 0 Å². The molecule has 4 N–H and O–H groups in total. The van der Waals surface area contributed by atoms with Crippen LogP contribution in [0.5, 0.6) is 5.75 Å². The van der Waals surface area contributed by atoms with Crippen LogP contribution in [0.3, 0.4) is 0 Å². The molecule has 1 aromatic rings. The van der Waals surface area contributed by atoms with Gasteiger partial charge >= 0.3 is 0 Å². The number of hydrogen-bond donors (Lipinski definition) is 2. The van der Waals surface area contributed by atoms with Crippen LogP contribution in [0, 0.1) is 0 Å². The summed E-state index contributed by atoms with van der Waals surface area (Å²) in [6, 6.07) is 7.10. The molecule has 0 amide bonds. The first-order valence-electron chi connectivity index (χ1n) is 4.12. The van der Waals surface area contributed by atoms with Crippen LogP contribution >= 0.6 is 35.6 Å². The van der Waals surface area contributed by atoms with E-state index in [4.69, 9.17) is 27.8 Å². The third-order valence-electron chi connectivity index (χ3n) is 1.47. The topological polar surface area (TPSA) is 73.6 Å².